The molecule has 0 amide bonds. The van der Waals surface area contributed by atoms with Gasteiger partial charge in [0.15, 0.2) is 0 Å². The minimum Gasteiger partial charge on any atom is -0.494 e. The molecule has 0 spiro atoms. The minimum absolute atomic E-state index is 0.146. The predicted molar refractivity (Wildman–Crippen MR) is 146 cm³/mol. The van der Waals surface area contributed by atoms with Crippen LogP contribution in [0, 0.1) is 20.8 Å². The number of aromatic nitrogens is 2. The third-order valence-electron chi connectivity index (χ3n) is 7.94. The monoisotopic (exact) mass is 468 g/mol. The number of hydrogen-bond acceptors (Lipinski definition) is 3. The summed E-state index contributed by atoms with van der Waals surface area (Å²) in [6, 6.07) is 0.146. The fraction of sp³-hybridized carbons (Fsp3) is 0.367. The first-order valence-corrected chi connectivity index (χ1v) is 12.4. The van der Waals surface area contributed by atoms with Crippen molar-refractivity contribution in [3.8, 4) is 0 Å². The predicted octanol–water partition coefficient (Wildman–Crippen LogP) is 5.03. The minimum atomic E-state index is 0.146. The van der Waals surface area contributed by atoms with Crippen LogP contribution in [0.4, 0.5) is 0 Å². The topological polar surface area (TPSA) is 65.2 Å². The molecule has 0 radical (unpaired) electrons. The molecule has 0 aliphatic carbocycles. The molecule has 5 heterocycles. The van der Waals surface area contributed by atoms with E-state index in [1.54, 1.807) is 7.11 Å². The zero-order chi connectivity index (χ0) is 25.2. The summed E-state index contributed by atoms with van der Waals surface area (Å²) in [4.78, 5) is 12.4. The van der Waals surface area contributed by atoms with Crippen molar-refractivity contribution in [1.29, 1.82) is 0 Å². The number of ether oxygens (including phenoxy) is 1. The van der Waals surface area contributed by atoms with E-state index in [1.807, 2.05) is 0 Å². The molecule has 2 aromatic heterocycles. The highest BCUT2D eigenvalue weighted by molar-refractivity contribution is 6.23. The Morgan fingerprint density at radius 3 is 2.17 bits per heavy atom. The van der Waals surface area contributed by atoms with Crippen LogP contribution in [0.3, 0.4) is 0 Å². The van der Waals surface area contributed by atoms with E-state index in [2.05, 4.69) is 95.0 Å². The van der Waals surface area contributed by atoms with Gasteiger partial charge in [0.25, 0.3) is 0 Å². The molecular formula is C30H36N4O. The highest BCUT2D eigenvalue weighted by Crippen LogP contribution is 2.32. The number of H-pyrrole nitrogens is 2. The van der Waals surface area contributed by atoms with Crippen LogP contribution in [-0.4, -0.2) is 28.8 Å². The zero-order valence-electron chi connectivity index (χ0n) is 22.3. The highest BCUT2D eigenvalue weighted by Gasteiger charge is 2.25. The van der Waals surface area contributed by atoms with Crippen molar-refractivity contribution >= 4 is 30.0 Å². The Morgan fingerprint density at radius 1 is 0.829 bits per heavy atom. The van der Waals surface area contributed by atoms with Gasteiger partial charge in [0.1, 0.15) is 11.5 Å². The first-order chi connectivity index (χ1) is 16.6. The van der Waals surface area contributed by atoms with Gasteiger partial charge >= 0.3 is 0 Å². The molecule has 8 bridgehead atoms. The number of fused-ring (bicyclic) bond motifs is 7. The number of methoxy groups -OCH3 is 1. The Bertz CT molecular complexity index is 1530. The van der Waals surface area contributed by atoms with E-state index in [-0.39, 0.29) is 6.04 Å². The van der Waals surface area contributed by atoms with Gasteiger partial charge in [0.05, 0.1) is 18.9 Å². The Balaban J connectivity index is 1.86. The second-order valence-corrected chi connectivity index (χ2v) is 10.3. The van der Waals surface area contributed by atoms with Crippen LogP contribution >= 0.6 is 0 Å². The summed E-state index contributed by atoms with van der Waals surface area (Å²) in [6.07, 6.45) is 8.86. The van der Waals surface area contributed by atoms with E-state index >= 15 is 0 Å². The van der Waals surface area contributed by atoms with Gasteiger partial charge in [-0.2, -0.15) is 0 Å². The molecule has 0 fully saturated rings. The van der Waals surface area contributed by atoms with Gasteiger partial charge < -0.3 is 20.0 Å². The maximum atomic E-state index is 5.82. The fourth-order valence-electron chi connectivity index (χ4n) is 5.50. The lowest BCUT2D eigenvalue weighted by Crippen LogP contribution is -2.25. The van der Waals surface area contributed by atoms with Gasteiger partial charge in [-0.15, -0.1) is 0 Å². The van der Waals surface area contributed by atoms with E-state index in [9.17, 15) is 0 Å². The van der Waals surface area contributed by atoms with Crippen LogP contribution in [0.1, 0.15) is 74.2 Å². The second kappa shape index (κ2) is 8.33. The van der Waals surface area contributed by atoms with Crippen LogP contribution in [0.5, 0.6) is 0 Å². The summed E-state index contributed by atoms with van der Waals surface area (Å²) >= 11 is 0. The largest absolute Gasteiger partial charge is 0.494 e. The fourth-order valence-corrected chi connectivity index (χ4v) is 5.50. The van der Waals surface area contributed by atoms with Crippen molar-refractivity contribution in [2.75, 3.05) is 7.11 Å². The number of hydrogen-bond donors (Lipinski definition) is 3. The van der Waals surface area contributed by atoms with Gasteiger partial charge in [0, 0.05) is 33.4 Å². The average molecular weight is 469 g/mol. The number of allylic oxidation sites excluding steroid dienone is 2. The van der Waals surface area contributed by atoms with E-state index in [0.717, 1.165) is 50.5 Å². The highest BCUT2D eigenvalue weighted by atomic mass is 16.5. The number of rotatable bonds is 2. The van der Waals surface area contributed by atoms with Crippen molar-refractivity contribution in [2.24, 2.45) is 4.99 Å². The summed E-state index contributed by atoms with van der Waals surface area (Å²) in [7, 11) is 1.72. The van der Waals surface area contributed by atoms with Crippen LogP contribution in [0.15, 0.2) is 38.9 Å². The lowest BCUT2D eigenvalue weighted by molar-refractivity contribution is 0.300. The van der Waals surface area contributed by atoms with E-state index in [1.165, 1.54) is 33.4 Å². The third-order valence-corrected chi connectivity index (χ3v) is 7.94. The SMILES string of the molecule is COC1=C(C)C2=NC/1=C\c1[nH]c(c(C)c1C)/C=C1\NC(/C=c3\[nH]/c(c(C(C)C)c3C)=C\2)C(C)=C1C. The molecule has 0 aromatic carbocycles. The molecule has 2 aromatic rings. The third kappa shape index (κ3) is 3.65. The molecule has 1 unspecified atom stereocenters. The van der Waals surface area contributed by atoms with Gasteiger partial charge in [-0.25, -0.2) is 4.99 Å². The molecule has 5 rings (SSSR count). The zero-order valence-corrected chi connectivity index (χ0v) is 22.3. The number of aliphatic imine (C=N–C) groups is 1. The normalized spacial score (nSPS) is 24.3. The van der Waals surface area contributed by atoms with Crippen LogP contribution in [-0.2, 0) is 4.74 Å². The standard InChI is InChI=1S/C30H36N4O/c1-14(2)29-19(7)25-11-23-16(4)15(3)21(31-23)10-22-17(5)18(6)24(32-22)13-28-30(35-9)20(8)26(34-28)12-27(29)33-25/h10-14,23,31-33H,1-9H3/b21-10-,25-11-,27-12-,28-13-. The van der Waals surface area contributed by atoms with Crippen LogP contribution < -0.4 is 16.0 Å². The lowest BCUT2D eigenvalue weighted by atomic mass is 9.99. The Hall–Kier alpha value is -3.47. The van der Waals surface area contributed by atoms with E-state index < -0.39 is 0 Å². The van der Waals surface area contributed by atoms with Crippen molar-refractivity contribution in [1.82, 2.24) is 15.3 Å². The Morgan fingerprint density at radius 2 is 1.51 bits per heavy atom. The molecule has 5 heteroatoms. The molecule has 1 atom stereocenters. The Labute approximate surface area is 207 Å². The molecule has 0 saturated heterocycles. The maximum Gasteiger partial charge on any atom is 0.149 e. The molecule has 3 aliphatic rings. The van der Waals surface area contributed by atoms with E-state index in [4.69, 9.17) is 9.73 Å². The molecule has 35 heavy (non-hydrogen) atoms. The average Bonchev–Trinajstić information content (AvgIpc) is 3.45. The first-order valence-electron chi connectivity index (χ1n) is 12.4. The lowest BCUT2D eigenvalue weighted by Gasteiger charge is -2.09. The van der Waals surface area contributed by atoms with Gasteiger partial charge in [-0.3, -0.25) is 0 Å². The summed E-state index contributed by atoms with van der Waals surface area (Å²) in [5.41, 5.74) is 13.9. The molecule has 3 aliphatic heterocycles. The van der Waals surface area contributed by atoms with Gasteiger partial charge in [-0.05, 0) is 105 Å². The second-order valence-electron chi connectivity index (χ2n) is 10.3. The molecule has 182 valence electrons. The van der Waals surface area contributed by atoms with Crippen molar-refractivity contribution in [3.05, 3.63) is 78.2 Å². The summed E-state index contributed by atoms with van der Waals surface area (Å²) in [6.45, 7) is 17.6. The molecule has 3 N–H and O–H groups in total. The Kier molecular flexibility index (Phi) is 5.54. The molecular weight excluding hydrogens is 432 g/mol. The number of nitrogens with one attached hydrogen (secondary N) is 3. The summed E-state index contributed by atoms with van der Waals surface area (Å²) in [5, 5.41) is 6.04. The quantitative estimate of drug-likeness (QED) is 0.579. The van der Waals surface area contributed by atoms with Crippen molar-refractivity contribution in [2.45, 2.75) is 67.3 Å². The number of aromatic amines is 2. The summed E-state index contributed by atoms with van der Waals surface area (Å²) in [5.74, 6) is 1.21. The van der Waals surface area contributed by atoms with Gasteiger partial charge in [0.2, 0.25) is 0 Å². The van der Waals surface area contributed by atoms with Crippen molar-refractivity contribution < 1.29 is 4.74 Å². The maximum absolute atomic E-state index is 5.82. The van der Waals surface area contributed by atoms with Crippen LogP contribution in [0.25, 0.3) is 24.3 Å². The molecule has 0 saturated carbocycles. The van der Waals surface area contributed by atoms with Gasteiger partial charge in [-0.1, -0.05) is 13.8 Å². The smallest absolute Gasteiger partial charge is 0.149 e. The van der Waals surface area contributed by atoms with E-state index in [0.29, 0.717) is 5.92 Å². The summed E-state index contributed by atoms with van der Waals surface area (Å²) < 4.78 is 5.82. The van der Waals surface area contributed by atoms with Crippen molar-refractivity contribution in [3.63, 3.8) is 0 Å². The number of nitrogens with zero attached hydrogens (tertiary/aromatic N) is 1. The van der Waals surface area contributed by atoms with Crippen LogP contribution in [0.2, 0.25) is 0 Å². The first kappa shape index (κ1) is 23.3. The molecule has 5 nitrogen and oxygen atoms in total.